The summed E-state index contributed by atoms with van der Waals surface area (Å²) in [5.41, 5.74) is 0. The number of rotatable bonds is 5. The smallest absolute Gasteiger partial charge is 0.323 e. The van der Waals surface area contributed by atoms with Gasteiger partial charge in [-0.1, -0.05) is 5.92 Å². The van der Waals surface area contributed by atoms with Crippen molar-refractivity contribution < 1.29 is 14.7 Å². The summed E-state index contributed by atoms with van der Waals surface area (Å²) in [6, 6.07) is -0.634. The summed E-state index contributed by atoms with van der Waals surface area (Å²) in [4.78, 5) is 27.3. The Morgan fingerprint density at radius 1 is 1.65 bits per heavy atom. The fourth-order valence-electron chi connectivity index (χ4n) is 1.28. The molecule has 90 valence electrons. The van der Waals surface area contributed by atoms with Gasteiger partial charge in [-0.3, -0.25) is 9.59 Å². The first kappa shape index (κ1) is 12.7. The predicted octanol–water partition coefficient (Wildman–Crippen LogP) is -0.614. The number of carbonyl (C=O) groups excluding carboxylic acids is 1. The highest BCUT2D eigenvalue weighted by Gasteiger charge is 2.23. The molecule has 0 aliphatic heterocycles. The number of hydrogen-bond acceptors (Lipinski definition) is 4. The van der Waals surface area contributed by atoms with E-state index in [-0.39, 0.29) is 6.54 Å². The van der Waals surface area contributed by atoms with Crippen molar-refractivity contribution in [2.45, 2.75) is 13.0 Å². The largest absolute Gasteiger partial charge is 0.480 e. The quantitative estimate of drug-likeness (QED) is 0.689. The molecule has 0 saturated carbocycles. The molecular weight excluding hydrogens is 224 g/mol. The molecule has 1 rings (SSSR count). The Morgan fingerprint density at radius 2 is 2.35 bits per heavy atom. The molecular formula is C10H12N4O3. The molecule has 1 atom stereocenters. The van der Waals surface area contributed by atoms with Gasteiger partial charge in [-0.15, -0.1) is 6.42 Å². The summed E-state index contributed by atoms with van der Waals surface area (Å²) < 4.78 is 1.34. The molecule has 0 fully saturated rings. The average Bonchev–Trinajstić information content (AvgIpc) is 2.79. The van der Waals surface area contributed by atoms with Crippen molar-refractivity contribution >= 4 is 11.9 Å². The minimum Gasteiger partial charge on any atom is -0.480 e. The lowest BCUT2D eigenvalue weighted by Gasteiger charge is -2.21. The van der Waals surface area contributed by atoms with Crippen LogP contribution in [0.5, 0.6) is 0 Å². The lowest BCUT2D eigenvalue weighted by atomic mass is 10.3. The third-order valence-electron chi connectivity index (χ3n) is 2.11. The molecule has 17 heavy (non-hydrogen) atoms. The zero-order valence-corrected chi connectivity index (χ0v) is 9.28. The van der Waals surface area contributed by atoms with Crippen LogP contribution in [0.1, 0.15) is 13.0 Å². The van der Waals surface area contributed by atoms with E-state index in [2.05, 4.69) is 16.0 Å². The van der Waals surface area contributed by atoms with Crippen molar-refractivity contribution in [2.75, 3.05) is 13.1 Å². The first-order valence-corrected chi connectivity index (χ1v) is 4.84. The van der Waals surface area contributed by atoms with Gasteiger partial charge in [0.25, 0.3) is 0 Å². The van der Waals surface area contributed by atoms with Crippen LogP contribution in [0.2, 0.25) is 0 Å². The van der Waals surface area contributed by atoms with Gasteiger partial charge in [-0.05, 0) is 6.92 Å². The highest BCUT2D eigenvalue weighted by atomic mass is 16.4. The fraction of sp³-hybridized carbons (Fsp3) is 0.400. The summed E-state index contributed by atoms with van der Waals surface area (Å²) in [7, 11) is 0. The molecule has 0 radical (unpaired) electrons. The van der Waals surface area contributed by atoms with Gasteiger partial charge < -0.3 is 10.0 Å². The second kappa shape index (κ2) is 5.65. The van der Waals surface area contributed by atoms with Crippen LogP contribution in [0.25, 0.3) is 0 Å². The van der Waals surface area contributed by atoms with Crippen LogP contribution in [0.3, 0.4) is 0 Å². The Kier molecular flexibility index (Phi) is 4.22. The lowest BCUT2D eigenvalue weighted by molar-refractivity contribution is -0.145. The molecule has 7 heteroatoms. The Hall–Kier alpha value is -2.36. The fourth-order valence-corrected chi connectivity index (χ4v) is 1.28. The van der Waals surface area contributed by atoms with Gasteiger partial charge in [0.1, 0.15) is 25.2 Å². The van der Waals surface area contributed by atoms with Crippen molar-refractivity contribution in [2.24, 2.45) is 0 Å². The van der Waals surface area contributed by atoms with Crippen LogP contribution in [0.4, 0.5) is 0 Å². The van der Waals surface area contributed by atoms with Crippen LogP contribution in [0.15, 0.2) is 12.7 Å². The molecule has 7 nitrogen and oxygen atoms in total. The second-order valence-electron chi connectivity index (χ2n) is 3.34. The van der Waals surface area contributed by atoms with Crippen LogP contribution in [-0.4, -0.2) is 49.7 Å². The highest BCUT2D eigenvalue weighted by Crippen LogP contribution is 2.07. The normalized spacial score (nSPS) is 11.5. The van der Waals surface area contributed by atoms with E-state index >= 15 is 0 Å². The van der Waals surface area contributed by atoms with Gasteiger partial charge in [0.2, 0.25) is 5.91 Å². The van der Waals surface area contributed by atoms with E-state index in [1.54, 1.807) is 6.92 Å². The van der Waals surface area contributed by atoms with Crippen LogP contribution >= 0.6 is 0 Å². The van der Waals surface area contributed by atoms with Gasteiger partial charge in [-0.25, -0.2) is 9.67 Å². The van der Waals surface area contributed by atoms with Gasteiger partial charge in [-0.2, -0.15) is 5.10 Å². The SMILES string of the molecule is C#CCN(CC(=O)O)C(=O)C(C)n1cncn1. The van der Waals surface area contributed by atoms with E-state index < -0.39 is 24.5 Å². The van der Waals surface area contributed by atoms with E-state index in [1.165, 1.54) is 17.3 Å². The van der Waals surface area contributed by atoms with Gasteiger partial charge in [0, 0.05) is 0 Å². The number of hydrogen-bond donors (Lipinski definition) is 1. The summed E-state index contributed by atoms with van der Waals surface area (Å²) in [6.45, 7) is 1.12. The number of aliphatic carboxylic acids is 1. The highest BCUT2D eigenvalue weighted by molar-refractivity contribution is 5.84. The monoisotopic (exact) mass is 236 g/mol. The first-order chi connectivity index (χ1) is 8.06. The number of carbonyl (C=O) groups is 2. The standard InChI is InChI=1S/C10H12N4O3/c1-3-4-13(5-9(15)16)10(17)8(2)14-7-11-6-12-14/h1,6-8H,4-5H2,2H3,(H,15,16). The van der Waals surface area contributed by atoms with E-state index in [0.717, 1.165) is 4.90 Å². The maximum Gasteiger partial charge on any atom is 0.323 e. The molecule has 0 aliphatic carbocycles. The van der Waals surface area contributed by atoms with E-state index in [0.29, 0.717) is 0 Å². The van der Waals surface area contributed by atoms with E-state index in [1.807, 2.05) is 0 Å². The summed E-state index contributed by atoms with van der Waals surface area (Å²) >= 11 is 0. The zero-order chi connectivity index (χ0) is 12.8. The maximum absolute atomic E-state index is 11.9. The molecule has 1 unspecified atom stereocenters. The molecule has 0 saturated heterocycles. The molecule has 1 aromatic rings. The molecule has 1 heterocycles. The number of carboxylic acids is 1. The molecule has 1 aromatic heterocycles. The van der Waals surface area contributed by atoms with Crippen LogP contribution in [-0.2, 0) is 9.59 Å². The Labute approximate surface area is 98.1 Å². The molecule has 0 aliphatic rings. The minimum absolute atomic E-state index is 0.0514. The van der Waals surface area contributed by atoms with Crippen LogP contribution < -0.4 is 0 Å². The van der Waals surface area contributed by atoms with Crippen molar-refractivity contribution in [3.63, 3.8) is 0 Å². The third-order valence-corrected chi connectivity index (χ3v) is 2.11. The Balaban J connectivity index is 2.77. The number of aromatic nitrogens is 3. The molecule has 0 spiro atoms. The predicted molar refractivity (Wildman–Crippen MR) is 57.8 cm³/mol. The summed E-state index contributed by atoms with van der Waals surface area (Å²) in [5, 5.41) is 12.5. The second-order valence-corrected chi connectivity index (χ2v) is 3.34. The van der Waals surface area contributed by atoms with Crippen molar-refractivity contribution in [3.05, 3.63) is 12.7 Å². The number of terminal acetylenes is 1. The number of nitrogens with zero attached hydrogens (tertiary/aromatic N) is 4. The van der Waals surface area contributed by atoms with Gasteiger partial charge in [0.05, 0.1) is 6.54 Å². The zero-order valence-electron chi connectivity index (χ0n) is 9.28. The first-order valence-electron chi connectivity index (χ1n) is 4.84. The summed E-state index contributed by atoms with van der Waals surface area (Å²) in [6.07, 6.45) is 7.77. The Morgan fingerprint density at radius 3 is 2.82 bits per heavy atom. The molecule has 0 bridgehead atoms. The number of carboxylic acid groups (broad SMARTS) is 1. The molecule has 1 amide bonds. The summed E-state index contributed by atoms with van der Waals surface area (Å²) in [5.74, 6) is 0.732. The van der Waals surface area contributed by atoms with Crippen molar-refractivity contribution in [3.8, 4) is 12.3 Å². The number of amides is 1. The van der Waals surface area contributed by atoms with E-state index in [4.69, 9.17) is 11.5 Å². The van der Waals surface area contributed by atoms with Gasteiger partial charge in [0.15, 0.2) is 0 Å². The van der Waals surface area contributed by atoms with E-state index in [9.17, 15) is 9.59 Å². The van der Waals surface area contributed by atoms with Crippen LogP contribution in [0, 0.1) is 12.3 Å². The van der Waals surface area contributed by atoms with Crippen molar-refractivity contribution in [1.82, 2.24) is 19.7 Å². The average molecular weight is 236 g/mol. The van der Waals surface area contributed by atoms with Gasteiger partial charge >= 0.3 is 5.97 Å². The Bertz CT molecular complexity index is 435. The molecule has 0 aromatic carbocycles. The topological polar surface area (TPSA) is 88.3 Å². The maximum atomic E-state index is 11.9. The third kappa shape index (κ3) is 3.31. The minimum atomic E-state index is -1.11. The van der Waals surface area contributed by atoms with Crippen molar-refractivity contribution in [1.29, 1.82) is 0 Å². The molecule has 1 N–H and O–H groups in total. The lowest BCUT2D eigenvalue weighted by Crippen LogP contribution is -2.40.